The van der Waals surface area contributed by atoms with Gasteiger partial charge in [-0.2, -0.15) is 0 Å². The van der Waals surface area contributed by atoms with Gasteiger partial charge in [0.05, 0.1) is 6.61 Å². The SMILES string of the molecule is CCOC(=O)CC(C)=O.[Cu]. The van der Waals surface area contributed by atoms with Crippen LogP contribution < -0.4 is 0 Å². The molecule has 10 heavy (non-hydrogen) atoms. The zero-order valence-electron chi connectivity index (χ0n) is 5.94. The summed E-state index contributed by atoms with van der Waals surface area (Å²) in [6.45, 7) is 3.40. The quantitative estimate of drug-likeness (QED) is 0.373. The van der Waals surface area contributed by atoms with Crippen LogP contribution in [-0.2, 0) is 31.4 Å². The monoisotopic (exact) mass is 193 g/mol. The summed E-state index contributed by atoms with van der Waals surface area (Å²) in [6.07, 6.45) is -0.103. The second-order valence-corrected chi connectivity index (χ2v) is 1.68. The largest absolute Gasteiger partial charge is 0.466 e. The van der Waals surface area contributed by atoms with Gasteiger partial charge in [-0.25, -0.2) is 0 Å². The van der Waals surface area contributed by atoms with Crippen molar-refractivity contribution in [3.8, 4) is 0 Å². The zero-order valence-corrected chi connectivity index (χ0v) is 6.88. The van der Waals surface area contributed by atoms with Crippen LogP contribution in [0.25, 0.3) is 0 Å². The Balaban J connectivity index is 0. The number of esters is 1. The number of carbonyl (C=O) groups is 2. The predicted molar refractivity (Wildman–Crippen MR) is 31.9 cm³/mol. The van der Waals surface area contributed by atoms with Crippen molar-refractivity contribution < 1.29 is 31.4 Å². The van der Waals surface area contributed by atoms with Crippen molar-refractivity contribution >= 4 is 11.8 Å². The second-order valence-electron chi connectivity index (χ2n) is 1.68. The molecular weight excluding hydrogens is 184 g/mol. The van der Waals surface area contributed by atoms with E-state index >= 15 is 0 Å². The summed E-state index contributed by atoms with van der Waals surface area (Å²) < 4.78 is 4.49. The molecule has 0 aliphatic heterocycles. The van der Waals surface area contributed by atoms with Crippen LogP contribution in [0.3, 0.4) is 0 Å². The Hall–Kier alpha value is -0.341. The number of ether oxygens (including phenoxy) is 1. The molecule has 0 amide bonds. The summed E-state index contributed by atoms with van der Waals surface area (Å²) in [4.78, 5) is 20.6. The molecule has 0 aromatic rings. The van der Waals surface area contributed by atoms with E-state index in [1.165, 1.54) is 6.92 Å². The summed E-state index contributed by atoms with van der Waals surface area (Å²) in [6, 6.07) is 0. The van der Waals surface area contributed by atoms with Crippen LogP contribution in [0.2, 0.25) is 0 Å². The topological polar surface area (TPSA) is 43.4 Å². The first-order chi connectivity index (χ1) is 4.16. The Bertz CT molecular complexity index is 122. The number of hydrogen-bond acceptors (Lipinski definition) is 3. The third-order valence-corrected chi connectivity index (χ3v) is 0.699. The van der Waals surface area contributed by atoms with Crippen LogP contribution in [0.15, 0.2) is 0 Å². The van der Waals surface area contributed by atoms with Crippen molar-refractivity contribution in [3.63, 3.8) is 0 Å². The van der Waals surface area contributed by atoms with Crippen molar-refractivity contribution in [3.05, 3.63) is 0 Å². The Morgan fingerprint density at radius 2 is 1.90 bits per heavy atom. The molecule has 0 unspecified atom stereocenters. The molecule has 0 heterocycles. The minimum Gasteiger partial charge on any atom is -0.466 e. The summed E-state index contributed by atoms with van der Waals surface area (Å²) >= 11 is 0. The van der Waals surface area contributed by atoms with Gasteiger partial charge >= 0.3 is 5.97 Å². The van der Waals surface area contributed by atoms with E-state index in [2.05, 4.69) is 4.74 Å². The van der Waals surface area contributed by atoms with Gasteiger partial charge in [-0.3, -0.25) is 9.59 Å². The van der Waals surface area contributed by atoms with E-state index in [-0.39, 0.29) is 29.3 Å². The van der Waals surface area contributed by atoms with Gasteiger partial charge in [-0.1, -0.05) is 0 Å². The molecule has 0 saturated heterocycles. The third kappa shape index (κ3) is 7.66. The molecule has 0 aliphatic carbocycles. The van der Waals surface area contributed by atoms with Gasteiger partial charge in [0.15, 0.2) is 0 Å². The molecule has 0 aromatic heterocycles. The van der Waals surface area contributed by atoms with Gasteiger partial charge < -0.3 is 4.74 Å². The van der Waals surface area contributed by atoms with E-state index in [0.717, 1.165) is 0 Å². The Morgan fingerprint density at radius 1 is 1.40 bits per heavy atom. The van der Waals surface area contributed by atoms with Crippen molar-refractivity contribution in [1.82, 2.24) is 0 Å². The maximum Gasteiger partial charge on any atom is 0.313 e. The Kier molecular flexibility index (Phi) is 8.36. The van der Waals surface area contributed by atoms with Gasteiger partial charge in [0, 0.05) is 17.1 Å². The number of ketones is 1. The molecule has 0 N–H and O–H groups in total. The smallest absolute Gasteiger partial charge is 0.313 e. The van der Waals surface area contributed by atoms with Gasteiger partial charge in [0.1, 0.15) is 12.2 Å². The number of rotatable bonds is 3. The van der Waals surface area contributed by atoms with Crippen molar-refractivity contribution in [2.24, 2.45) is 0 Å². The summed E-state index contributed by atoms with van der Waals surface area (Å²) in [7, 11) is 0. The van der Waals surface area contributed by atoms with E-state index in [4.69, 9.17) is 0 Å². The standard InChI is InChI=1S/C6H10O3.Cu/c1-3-9-6(8)4-5(2)7;/h3-4H2,1-2H3;. The van der Waals surface area contributed by atoms with Crippen LogP contribution in [0.1, 0.15) is 20.3 Å². The first-order valence-electron chi connectivity index (χ1n) is 2.82. The number of hydrogen-bond donors (Lipinski definition) is 0. The molecule has 0 saturated carbocycles. The fourth-order valence-electron chi connectivity index (χ4n) is 0.415. The summed E-state index contributed by atoms with van der Waals surface area (Å²) in [5.74, 6) is -0.599. The number of carbonyl (C=O) groups excluding carboxylic acids is 2. The number of Topliss-reactive ketones (excluding diaryl/α,β-unsaturated/α-hetero) is 1. The molecule has 0 bridgehead atoms. The van der Waals surface area contributed by atoms with E-state index in [1.807, 2.05) is 0 Å². The van der Waals surface area contributed by atoms with Gasteiger partial charge in [0.25, 0.3) is 0 Å². The first-order valence-corrected chi connectivity index (χ1v) is 2.82. The van der Waals surface area contributed by atoms with Crippen molar-refractivity contribution in [1.29, 1.82) is 0 Å². The fourth-order valence-corrected chi connectivity index (χ4v) is 0.415. The van der Waals surface area contributed by atoms with Crippen molar-refractivity contribution in [2.75, 3.05) is 6.61 Å². The average Bonchev–Trinajstić information content (AvgIpc) is 1.63. The molecule has 0 rings (SSSR count). The van der Waals surface area contributed by atoms with Gasteiger partial charge in [0.2, 0.25) is 0 Å². The molecule has 1 radical (unpaired) electrons. The minimum absolute atomic E-state index is 0. The molecule has 0 atom stereocenters. The minimum atomic E-state index is -0.440. The second kappa shape index (κ2) is 6.77. The van der Waals surface area contributed by atoms with Crippen LogP contribution in [0.4, 0.5) is 0 Å². The molecule has 0 spiro atoms. The van der Waals surface area contributed by atoms with E-state index in [1.54, 1.807) is 6.92 Å². The predicted octanol–water partition coefficient (Wildman–Crippen LogP) is 0.526. The fraction of sp³-hybridized carbons (Fsp3) is 0.667. The molecule has 63 valence electrons. The average molecular weight is 194 g/mol. The summed E-state index contributed by atoms with van der Waals surface area (Å²) in [5, 5.41) is 0. The molecule has 0 aliphatic rings. The Morgan fingerprint density at radius 3 is 2.20 bits per heavy atom. The molecule has 3 nitrogen and oxygen atoms in total. The molecular formula is C6H10CuO3. The third-order valence-electron chi connectivity index (χ3n) is 0.699. The summed E-state index contributed by atoms with van der Waals surface area (Å²) in [5.41, 5.74) is 0. The maximum absolute atomic E-state index is 10.4. The molecule has 0 aromatic carbocycles. The van der Waals surface area contributed by atoms with E-state index < -0.39 is 5.97 Å². The van der Waals surface area contributed by atoms with Crippen molar-refractivity contribution in [2.45, 2.75) is 20.3 Å². The van der Waals surface area contributed by atoms with Crippen LogP contribution in [0, 0.1) is 0 Å². The molecule has 4 heteroatoms. The van der Waals surface area contributed by atoms with Crippen LogP contribution in [0.5, 0.6) is 0 Å². The van der Waals surface area contributed by atoms with E-state index in [9.17, 15) is 9.59 Å². The van der Waals surface area contributed by atoms with Gasteiger partial charge in [-0.15, -0.1) is 0 Å². The van der Waals surface area contributed by atoms with Crippen LogP contribution in [-0.4, -0.2) is 18.4 Å². The maximum atomic E-state index is 10.4. The van der Waals surface area contributed by atoms with Gasteiger partial charge in [-0.05, 0) is 13.8 Å². The Labute approximate surface area is 70.6 Å². The van der Waals surface area contributed by atoms with E-state index in [0.29, 0.717) is 6.61 Å². The molecule has 0 fully saturated rings. The zero-order chi connectivity index (χ0) is 7.28. The normalized spacial score (nSPS) is 7.80. The van der Waals surface area contributed by atoms with Crippen LogP contribution >= 0.6 is 0 Å². The first kappa shape index (κ1) is 12.3.